The molecule has 1 amide bonds. The third-order valence-corrected chi connectivity index (χ3v) is 4.90. The van der Waals surface area contributed by atoms with Crippen LogP contribution in [0.25, 0.3) is 10.9 Å². The predicted molar refractivity (Wildman–Crippen MR) is 102 cm³/mol. The Morgan fingerprint density at radius 1 is 1.23 bits per heavy atom. The minimum Gasteiger partial charge on any atom is -0.369 e. The molecule has 1 aromatic carbocycles. The van der Waals surface area contributed by atoms with Gasteiger partial charge in [-0.2, -0.15) is 5.10 Å². The van der Waals surface area contributed by atoms with Crippen LogP contribution in [0.3, 0.4) is 0 Å². The lowest BCUT2D eigenvalue weighted by Gasteiger charge is -2.28. The van der Waals surface area contributed by atoms with Gasteiger partial charge >= 0.3 is 0 Å². The second-order valence-corrected chi connectivity index (χ2v) is 6.62. The molecule has 0 unspecified atom stereocenters. The maximum absolute atomic E-state index is 12.7. The zero-order chi connectivity index (χ0) is 17.9. The zero-order valence-electron chi connectivity index (χ0n) is 15.0. The van der Waals surface area contributed by atoms with Crippen molar-refractivity contribution in [2.24, 2.45) is 0 Å². The van der Waals surface area contributed by atoms with Crippen molar-refractivity contribution >= 4 is 22.6 Å². The fraction of sp³-hybridized carbons (Fsp3) is 0.350. The molecule has 0 bridgehead atoms. The van der Waals surface area contributed by atoms with Crippen molar-refractivity contribution < 1.29 is 4.79 Å². The van der Waals surface area contributed by atoms with Crippen molar-refractivity contribution in [3.63, 3.8) is 0 Å². The van der Waals surface area contributed by atoms with Crippen LogP contribution in [0.5, 0.6) is 0 Å². The third-order valence-electron chi connectivity index (χ3n) is 4.90. The largest absolute Gasteiger partial charge is 0.369 e. The van der Waals surface area contributed by atoms with Gasteiger partial charge in [0.1, 0.15) is 5.82 Å². The van der Waals surface area contributed by atoms with Gasteiger partial charge in [-0.1, -0.05) is 18.2 Å². The monoisotopic (exact) mass is 349 g/mol. The summed E-state index contributed by atoms with van der Waals surface area (Å²) in [5.41, 5.74) is 3.28. The molecule has 0 fully saturated rings. The maximum Gasteiger partial charge on any atom is 0.224 e. The van der Waals surface area contributed by atoms with Crippen LogP contribution in [0.2, 0.25) is 0 Å². The van der Waals surface area contributed by atoms with Gasteiger partial charge in [0.05, 0.1) is 5.69 Å². The number of fused-ring (bicyclic) bond motifs is 2. The fourth-order valence-corrected chi connectivity index (χ4v) is 3.52. The van der Waals surface area contributed by atoms with E-state index < -0.39 is 0 Å². The Morgan fingerprint density at radius 3 is 3.00 bits per heavy atom. The van der Waals surface area contributed by atoms with E-state index in [1.165, 1.54) is 10.9 Å². The van der Waals surface area contributed by atoms with Gasteiger partial charge in [-0.25, -0.2) is 0 Å². The van der Waals surface area contributed by atoms with E-state index in [1.807, 2.05) is 30.0 Å². The quantitative estimate of drug-likeness (QED) is 0.769. The molecule has 0 radical (unpaired) electrons. The zero-order valence-corrected chi connectivity index (χ0v) is 15.0. The highest BCUT2D eigenvalue weighted by atomic mass is 16.2. The lowest BCUT2D eigenvalue weighted by atomic mass is 10.1. The van der Waals surface area contributed by atoms with Gasteiger partial charge < -0.3 is 14.8 Å². The summed E-state index contributed by atoms with van der Waals surface area (Å²) in [7, 11) is 0. The second-order valence-electron chi connectivity index (χ2n) is 6.62. The van der Waals surface area contributed by atoms with Crippen LogP contribution in [-0.4, -0.2) is 38.7 Å². The van der Waals surface area contributed by atoms with Gasteiger partial charge in [-0.3, -0.25) is 4.79 Å². The number of nitrogens with zero attached hydrogens (tertiary/aromatic N) is 4. The molecular weight excluding hydrogens is 326 g/mol. The molecule has 0 saturated heterocycles. The van der Waals surface area contributed by atoms with Gasteiger partial charge in [0.2, 0.25) is 5.91 Å². The number of rotatable bonds is 5. The first-order valence-corrected chi connectivity index (χ1v) is 9.15. The highest BCUT2D eigenvalue weighted by molar-refractivity contribution is 5.80. The Bertz CT molecular complexity index is 933. The lowest BCUT2D eigenvalue weighted by molar-refractivity contribution is -0.132. The number of aromatic nitrogens is 3. The standard InChI is InChI=1S/C20H23N5O/c1-2-21-19-13-16-14-25(11-8-17(16)22-23-19)20(26)9-12-24-10-7-15-5-3-4-6-18(15)24/h3-7,10,13H,2,8-9,11-12,14H2,1H3,(H,21,23). The average molecular weight is 349 g/mol. The van der Waals surface area contributed by atoms with Gasteiger partial charge in [0, 0.05) is 50.7 Å². The van der Waals surface area contributed by atoms with E-state index in [9.17, 15) is 4.79 Å². The molecule has 6 nitrogen and oxygen atoms in total. The molecule has 26 heavy (non-hydrogen) atoms. The molecule has 1 aliphatic heterocycles. The van der Waals surface area contributed by atoms with Crippen molar-refractivity contribution in [3.05, 3.63) is 53.9 Å². The number of aryl methyl sites for hydroxylation is 1. The van der Waals surface area contributed by atoms with E-state index in [4.69, 9.17) is 0 Å². The molecular formula is C20H23N5O. The van der Waals surface area contributed by atoms with Crippen molar-refractivity contribution in [1.82, 2.24) is 19.7 Å². The first-order chi connectivity index (χ1) is 12.7. The molecule has 3 aromatic rings. The normalized spacial score (nSPS) is 13.7. The van der Waals surface area contributed by atoms with E-state index in [-0.39, 0.29) is 5.91 Å². The first kappa shape index (κ1) is 16.6. The van der Waals surface area contributed by atoms with E-state index in [2.05, 4.69) is 44.5 Å². The van der Waals surface area contributed by atoms with Crippen molar-refractivity contribution in [1.29, 1.82) is 0 Å². The third kappa shape index (κ3) is 3.27. The van der Waals surface area contributed by atoms with Crippen LogP contribution >= 0.6 is 0 Å². The molecule has 1 aliphatic rings. The van der Waals surface area contributed by atoms with Crippen LogP contribution < -0.4 is 5.32 Å². The van der Waals surface area contributed by atoms with Crippen LogP contribution in [0.15, 0.2) is 42.6 Å². The molecule has 134 valence electrons. The highest BCUT2D eigenvalue weighted by Gasteiger charge is 2.22. The Labute approximate surface area is 152 Å². The minimum atomic E-state index is 0.190. The summed E-state index contributed by atoms with van der Waals surface area (Å²) in [6, 6.07) is 12.4. The summed E-state index contributed by atoms with van der Waals surface area (Å²) in [6.07, 6.45) is 3.33. The summed E-state index contributed by atoms with van der Waals surface area (Å²) >= 11 is 0. The van der Waals surface area contributed by atoms with Crippen LogP contribution in [-0.2, 0) is 24.3 Å². The van der Waals surface area contributed by atoms with E-state index in [1.54, 1.807) is 0 Å². The summed E-state index contributed by atoms with van der Waals surface area (Å²) in [6.45, 7) is 4.87. The van der Waals surface area contributed by atoms with Crippen LogP contribution in [0, 0.1) is 0 Å². The number of nitrogens with one attached hydrogen (secondary N) is 1. The van der Waals surface area contributed by atoms with E-state index >= 15 is 0 Å². The first-order valence-electron chi connectivity index (χ1n) is 9.15. The Hall–Kier alpha value is -2.89. The predicted octanol–water partition coefficient (Wildman–Crippen LogP) is 2.84. The lowest BCUT2D eigenvalue weighted by Crippen LogP contribution is -2.37. The summed E-state index contributed by atoms with van der Waals surface area (Å²) < 4.78 is 2.15. The number of hydrogen-bond donors (Lipinski definition) is 1. The number of hydrogen-bond acceptors (Lipinski definition) is 4. The maximum atomic E-state index is 12.7. The average Bonchev–Trinajstić information content (AvgIpc) is 3.09. The fourth-order valence-electron chi connectivity index (χ4n) is 3.52. The molecule has 1 N–H and O–H groups in total. The molecule has 0 spiro atoms. The SMILES string of the molecule is CCNc1cc2c(nn1)CCN(C(=O)CCn1ccc3ccccc31)C2. The molecule has 4 rings (SSSR count). The topological polar surface area (TPSA) is 63.1 Å². The van der Waals surface area contributed by atoms with Crippen LogP contribution in [0.4, 0.5) is 5.82 Å². The Morgan fingerprint density at radius 2 is 2.12 bits per heavy atom. The van der Waals surface area contributed by atoms with Crippen molar-refractivity contribution in [2.45, 2.75) is 32.9 Å². The molecule has 0 atom stereocenters. The van der Waals surface area contributed by atoms with Gasteiger partial charge in [-0.05, 0) is 36.1 Å². The Kier molecular flexibility index (Phi) is 4.56. The van der Waals surface area contributed by atoms with Crippen molar-refractivity contribution in [3.8, 4) is 0 Å². The smallest absolute Gasteiger partial charge is 0.224 e. The number of benzene rings is 1. The van der Waals surface area contributed by atoms with Gasteiger partial charge in [-0.15, -0.1) is 5.10 Å². The highest BCUT2D eigenvalue weighted by Crippen LogP contribution is 2.20. The molecule has 0 saturated carbocycles. The molecule has 6 heteroatoms. The number of carbonyl (C=O) groups excluding carboxylic acids is 1. The summed E-state index contributed by atoms with van der Waals surface area (Å²) in [5.74, 6) is 0.967. The molecule has 0 aliphatic carbocycles. The van der Waals surface area contributed by atoms with Crippen molar-refractivity contribution in [2.75, 3.05) is 18.4 Å². The van der Waals surface area contributed by atoms with Gasteiger partial charge in [0.15, 0.2) is 0 Å². The number of para-hydroxylation sites is 1. The Balaban J connectivity index is 1.42. The number of carbonyl (C=O) groups is 1. The number of anilines is 1. The van der Waals surface area contributed by atoms with Gasteiger partial charge in [0.25, 0.3) is 0 Å². The summed E-state index contributed by atoms with van der Waals surface area (Å²) in [5, 5.41) is 12.9. The minimum absolute atomic E-state index is 0.190. The summed E-state index contributed by atoms with van der Waals surface area (Å²) in [4.78, 5) is 14.6. The van der Waals surface area contributed by atoms with Crippen LogP contribution in [0.1, 0.15) is 24.6 Å². The van der Waals surface area contributed by atoms with E-state index in [0.29, 0.717) is 26.1 Å². The van der Waals surface area contributed by atoms with E-state index in [0.717, 1.165) is 30.0 Å². The number of amides is 1. The molecule has 3 heterocycles. The second kappa shape index (κ2) is 7.15. The molecule has 2 aromatic heterocycles.